The summed E-state index contributed by atoms with van der Waals surface area (Å²) in [7, 11) is 0. The highest BCUT2D eigenvalue weighted by atomic mass is 32.1. The zero-order valence-electron chi connectivity index (χ0n) is 15.1. The molecule has 2 heterocycles. The van der Waals surface area contributed by atoms with Crippen LogP contribution in [-0.2, 0) is 11.3 Å². The highest BCUT2D eigenvalue weighted by Gasteiger charge is 2.21. The Hall–Kier alpha value is -2.89. The van der Waals surface area contributed by atoms with Gasteiger partial charge in [-0.05, 0) is 38.0 Å². The van der Waals surface area contributed by atoms with Crippen LogP contribution in [-0.4, -0.2) is 37.5 Å². The van der Waals surface area contributed by atoms with E-state index in [1.165, 1.54) is 24.5 Å². The Morgan fingerprint density at radius 2 is 2.00 bits per heavy atom. The number of hydrogen-bond donors (Lipinski definition) is 3. The van der Waals surface area contributed by atoms with E-state index in [9.17, 15) is 10.2 Å². The fourth-order valence-corrected chi connectivity index (χ4v) is 3.34. The zero-order valence-corrected chi connectivity index (χ0v) is 15.9. The Morgan fingerprint density at radius 1 is 1.30 bits per heavy atom. The average Bonchev–Trinajstić information content (AvgIpc) is 2.92. The molecule has 0 saturated carbocycles. The van der Waals surface area contributed by atoms with Crippen molar-refractivity contribution in [3.63, 3.8) is 0 Å². The number of benzene rings is 1. The van der Waals surface area contributed by atoms with Crippen molar-refractivity contribution in [2.75, 3.05) is 6.61 Å². The first-order chi connectivity index (χ1) is 12.9. The van der Waals surface area contributed by atoms with Crippen LogP contribution in [0, 0.1) is 11.2 Å². The summed E-state index contributed by atoms with van der Waals surface area (Å²) in [5.74, 6) is -0.164. The second-order valence-corrected chi connectivity index (χ2v) is 6.79. The molecule has 2 aromatic heterocycles. The number of aromatic hydroxyl groups is 2. The minimum Gasteiger partial charge on any atom is -0.508 e. The van der Waals surface area contributed by atoms with Gasteiger partial charge in [0.1, 0.15) is 11.5 Å². The second-order valence-electron chi connectivity index (χ2n) is 6.40. The minimum absolute atomic E-state index is 0.0819. The minimum atomic E-state index is -0.0819. The third kappa shape index (κ3) is 3.79. The number of fused-ring (bicyclic) bond motifs is 1. The average molecular weight is 384 g/mol. The van der Waals surface area contributed by atoms with Gasteiger partial charge in [-0.3, -0.25) is 0 Å². The lowest BCUT2D eigenvalue weighted by molar-refractivity contribution is 0.0751. The fourth-order valence-electron chi connectivity index (χ4n) is 3.08. The number of phenols is 2. The number of rotatable bonds is 6. The van der Waals surface area contributed by atoms with E-state index in [4.69, 9.17) is 23.5 Å². The maximum Gasteiger partial charge on any atom is 0.235 e. The molecule has 0 spiro atoms. The Kier molecular flexibility index (Phi) is 5.44. The van der Waals surface area contributed by atoms with E-state index in [0.717, 1.165) is 0 Å². The number of ether oxygens (including phenoxy) is 1. The quantitative estimate of drug-likeness (QED) is 0.330. The molecule has 27 heavy (non-hydrogen) atoms. The van der Waals surface area contributed by atoms with Crippen LogP contribution in [0.2, 0.25) is 0 Å². The second kappa shape index (κ2) is 7.78. The molecule has 0 fully saturated rings. The van der Waals surface area contributed by atoms with Crippen molar-refractivity contribution in [3.05, 3.63) is 40.6 Å². The van der Waals surface area contributed by atoms with Gasteiger partial charge in [-0.25, -0.2) is 9.83 Å². The smallest absolute Gasteiger partial charge is 0.235 e. The number of aromatic nitrogens is 3. The van der Waals surface area contributed by atoms with E-state index in [2.05, 4.69) is 14.8 Å². The lowest BCUT2D eigenvalue weighted by Crippen LogP contribution is -2.08. The van der Waals surface area contributed by atoms with Crippen molar-refractivity contribution in [1.82, 2.24) is 14.5 Å². The third-order valence-electron chi connectivity index (χ3n) is 4.10. The molecule has 0 aliphatic rings. The Labute approximate surface area is 161 Å². The molecule has 3 aromatic rings. The molecular formula is C19H20N4O3S. The van der Waals surface area contributed by atoms with Crippen LogP contribution in [0.25, 0.3) is 27.1 Å². The fraction of sp³-hybridized carbons (Fsp3) is 0.316. The van der Waals surface area contributed by atoms with Gasteiger partial charge in [-0.2, -0.15) is 0 Å². The third-order valence-corrected chi connectivity index (χ3v) is 4.39. The lowest BCUT2D eigenvalue weighted by Gasteiger charge is -2.13. The molecule has 1 aromatic carbocycles. The van der Waals surface area contributed by atoms with Crippen LogP contribution in [0.1, 0.15) is 20.3 Å². The van der Waals surface area contributed by atoms with Crippen LogP contribution >= 0.6 is 12.2 Å². The molecule has 0 amide bonds. The maximum atomic E-state index is 9.91. The first-order valence-electron chi connectivity index (χ1n) is 8.54. The van der Waals surface area contributed by atoms with E-state index >= 15 is 0 Å². The molecule has 0 aliphatic heterocycles. The summed E-state index contributed by atoms with van der Waals surface area (Å²) >= 11 is 5.40. The number of nitrogens with zero attached hydrogens (tertiary/aromatic N) is 3. The molecule has 0 atom stereocenters. The number of hydrogen-bond acceptors (Lipinski definition) is 5. The molecule has 140 valence electrons. The van der Waals surface area contributed by atoms with Crippen LogP contribution in [0.3, 0.4) is 0 Å². The van der Waals surface area contributed by atoms with Crippen LogP contribution in [0.4, 0.5) is 5.69 Å². The molecule has 0 unspecified atom stereocenters. The SMILES string of the molecule is [C-]#[N+]c1c(-c2cc(O)cc(O)c2)n(CCCOC(C)C)c2c(=S)nc[nH]c12. The summed E-state index contributed by atoms with van der Waals surface area (Å²) in [6.45, 7) is 12.7. The Bertz CT molecular complexity index is 1060. The van der Waals surface area contributed by atoms with E-state index in [1.807, 2.05) is 18.4 Å². The van der Waals surface area contributed by atoms with Crippen molar-refractivity contribution in [2.24, 2.45) is 0 Å². The highest BCUT2D eigenvalue weighted by molar-refractivity contribution is 7.71. The van der Waals surface area contributed by atoms with Gasteiger partial charge in [0.2, 0.25) is 5.69 Å². The molecule has 0 aliphatic carbocycles. The lowest BCUT2D eigenvalue weighted by atomic mass is 10.1. The molecule has 7 nitrogen and oxygen atoms in total. The summed E-state index contributed by atoms with van der Waals surface area (Å²) in [5.41, 5.74) is 2.72. The van der Waals surface area contributed by atoms with Crippen molar-refractivity contribution >= 4 is 28.9 Å². The van der Waals surface area contributed by atoms with Gasteiger partial charge in [0.05, 0.1) is 35.7 Å². The van der Waals surface area contributed by atoms with Crippen LogP contribution < -0.4 is 0 Å². The number of nitrogens with one attached hydrogen (secondary N) is 1. The standard InChI is InChI=1S/C19H20N4O3S/c1-11(2)26-6-4-5-23-17(12-7-13(24)9-14(25)8-12)15(20-3)16-18(23)19(27)22-10-21-16/h7-11,24-25H,4-6H2,1-2H3,(H,21,22,27). The predicted octanol–water partition coefficient (Wildman–Crippen LogP) is 4.54. The molecule has 3 rings (SSSR count). The predicted molar refractivity (Wildman–Crippen MR) is 106 cm³/mol. The van der Waals surface area contributed by atoms with Crippen molar-refractivity contribution < 1.29 is 14.9 Å². The van der Waals surface area contributed by atoms with Gasteiger partial charge >= 0.3 is 0 Å². The van der Waals surface area contributed by atoms with E-state index in [1.54, 1.807) is 0 Å². The van der Waals surface area contributed by atoms with Gasteiger partial charge in [-0.15, -0.1) is 0 Å². The molecular weight excluding hydrogens is 364 g/mol. The summed E-state index contributed by atoms with van der Waals surface area (Å²) in [5, 5.41) is 19.8. The van der Waals surface area contributed by atoms with E-state index in [-0.39, 0.29) is 17.6 Å². The zero-order chi connectivity index (χ0) is 19.6. The number of phenolic OH excluding ortho intramolecular Hbond substituents is 2. The molecule has 3 N–H and O–H groups in total. The summed E-state index contributed by atoms with van der Waals surface area (Å²) in [6.07, 6.45) is 2.31. The summed E-state index contributed by atoms with van der Waals surface area (Å²) < 4.78 is 7.91. The van der Waals surface area contributed by atoms with E-state index in [0.29, 0.717) is 52.2 Å². The van der Waals surface area contributed by atoms with Gasteiger partial charge in [0.25, 0.3) is 0 Å². The number of aromatic amines is 1. The first kappa shape index (κ1) is 18.9. The molecule has 0 saturated heterocycles. The number of H-pyrrole nitrogens is 1. The van der Waals surface area contributed by atoms with Crippen molar-refractivity contribution in [1.29, 1.82) is 0 Å². The van der Waals surface area contributed by atoms with E-state index < -0.39 is 0 Å². The first-order valence-corrected chi connectivity index (χ1v) is 8.95. The molecule has 8 heteroatoms. The Balaban J connectivity index is 2.21. The van der Waals surface area contributed by atoms with Crippen molar-refractivity contribution in [2.45, 2.75) is 32.9 Å². The maximum absolute atomic E-state index is 9.91. The van der Waals surface area contributed by atoms with Gasteiger partial charge in [-0.1, -0.05) is 12.2 Å². The van der Waals surface area contributed by atoms with Gasteiger partial charge in [0, 0.05) is 19.2 Å². The van der Waals surface area contributed by atoms with Gasteiger partial charge in [0.15, 0.2) is 4.64 Å². The van der Waals surface area contributed by atoms with Crippen LogP contribution in [0.15, 0.2) is 24.5 Å². The summed E-state index contributed by atoms with van der Waals surface area (Å²) in [6, 6.07) is 4.27. The van der Waals surface area contributed by atoms with Gasteiger partial charge < -0.3 is 24.5 Å². The van der Waals surface area contributed by atoms with Crippen LogP contribution in [0.5, 0.6) is 11.5 Å². The summed E-state index contributed by atoms with van der Waals surface area (Å²) in [4.78, 5) is 10.8. The van der Waals surface area contributed by atoms with Crippen molar-refractivity contribution in [3.8, 4) is 22.8 Å². The highest BCUT2D eigenvalue weighted by Crippen LogP contribution is 2.41. The number of aryl methyl sites for hydroxylation is 1. The molecule has 0 bridgehead atoms. The largest absolute Gasteiger partial charge is 0.508 e. The topological polar surface area (TPSA) is 87.7 Å². The molecule has 0 radical (unpaired) electrons. The normalized spacial score (nSPS) is 11.2. The monoisotopic (exact) mass is 384 g/mol. The Morgan fingerprint density at radius 3 is 2.63 bits per heavy atom.